The minimum atomic E-state index is -0.273. The van der Waals surface area contributed by atoms with Crippen LogP contribution < -0.4 is 0 Å². The van der Waals surface area contributed by atoms with Gasteiger partial charge in [0, 0.05) is 24.4 Å². The van der Waals surface area contributed by atoms with E-state index in [1.165, 1.54) is 18.2 Å². The predicted octanol–water partition coefficient (Wildman–Crippen LogP) is 5.04. The van der Waals surface area contributed by atoms with Crippen molar-refractivity contribution in [2.75, 3.05) is 7.11 Å². The molecular formula is C23H25NO2. The Bertz CT molecular complexity index is 864. The first-order valence-electron chi connectivity index (χ1n) is 8.98. The highest BCUT2D eigenvalue weighted by Gasteiger charge is 2.22. The number of carbonyl (C=O) groups is 1. The largest absolute Gasteiger partial charge is 0.465 e. The van der Waals surface area contributed by atoms with Gasteiger partial charge in [-0.1, -0.05) is 74.5 Å². The van der Waals surface area contributed by atoms with E-state index in [-0.39, 0.29) is 5.97 Å². The Hall–Kier alpha value is -2.81. The van der Waals surface area contributed by atoms with Gasteiger partial charge in [-0.25, -0.2) is 4.79 Å². The second kappa shape index (κ2) is 8.05. The monoisotopic (exact) mass is 347 g/mol. The zero-order valence-corrected chi connectivity index (χ0v) is 15.6. The van der Waals surface area contributed by atoms with E-state index in [0.29, 0.717) is 17.9 Å². The molecule has 0 radical (unpaired) electrons. The molecule has 1 heterocycles. The van der Waals surface area contributed by atoms with Crippen LogP contribution in [-0.2, 0) is 17.7 Å². The molecule has 3 nitrogen and oxygen atoms in total. The number of ether oxygens (including phenoxy) is 1. The van der Waals surface area contributed by atoms with Crippen molar-refractivity contribution in [1.82, 2.24) is 4.57 Å². The van der Waals surface area contributed by atoms with E-state index in [0.717, 1.165) is 17.9 Å². The zero-order chi connectivity index (χ0) is 18.5. The van der Waals surface area contributed by atoms with Gasteiger partial charge in [0.15, 0.2) is 0 Å². The van der Waals surface area contributed by atoms with Crippen molar-refractivity contribution in [3.8, 4) is 0 Å². The van der Waals surface area contributed by atoms with Crippen molar-refractivity contribution in [1.29, 1.82) is 0 Å². The van der Waals surface area contributed by atoms with E-state index >= 15 is 0 Å². The third-order valence-corrected chi connectivity index (χ3v) is 4.64. The average molecular weight is 347 g/mol. The number of hydrogen-bond donors (Lipinski definition) is 0. The number of hydrogen-bond acceptors (Lipinski definition) is 2. The van der Waals surface area contributed by atoms with E-state index < -0.39 is 0 Å². The summed E-state index contributed by atoms with van der Waals surface area (Å²) in [6.45, 7) is 5.06. The molecule has 0 bridgehead atoms. The van der Waals surface area contributed by atoms with Crippen molar-refractivity contribution >= 4 is 5.97 Å². The molecule has 2 aromatic carbocycles. The first-order valence-corrected chi connectivity index (χ1v) is 8.98. The minimum Gasteiger partial charge on any atom is -0.465 e. The number of benzene rings is 2. The van der Waals surface area contributed by atoms with Crippen molar-refractivity contribution in [3.63, 3.8) is 0 Å². The van der Waals surface area contributed by atoms with Gasteiger partial charge in [0.05, 0.1) is 12.7 Å². The van der Waals surface area contributed by atoms with Crippen LogP contribution in [0.3, 0.4) is 0 Å². The zero-order valence-electron chi connectivity index (χ0n) is 15.6. The van der Waals surface area contributed by atoms with Gasteiger partial charge in [-0.15, -0.1) is 0 Å². The van der Waals surface area contributed by atoms with Crippen LogP contribution in [0.25, 0.3) is 0 Å². The number of rotatable bonds is 6. The van der Waals surface area contributed by atoms with E-state index in [9.17, 15) is 4.79 Å². The van der Waals surface area contributed by atoms with Gasteiger partial charge >= 0.3 is 5.97 Å². The van der Waals surface area contributed by atoms with Crippen LogP contribution in [0, 0.1) is 0 Å². The van der Waals surface area contributed by atoms with Crippen LogP contribution in [0.4, 0.5) is 0 Å². The molecule has 0 aliphatic rings. The topological polar surface area (TPSA) is 31.2 Å². The fourth-order valence-corrected chi connectivity index (χ4v) is 3.31. The van der Waals surface area contributed by atoms with Crippen LogP contribution in [0.15, 0.2) is 66.7 Å². The predicted molar refractivity (Wildman–Crippen MR) is 105 cm³/mol. The lowest BCUT2D eigenvalue weighted by atomic mass is 10.1. The van der Waals surface area contributed by atoms with E-state index in [4.69, 9.17) is 4.74 Å². The Balaban J connectivity index is 2.11. The Morgan fingerprint density at radius 3 is 2.08 bits per heavy atom. The first-order chi connectivity index (χ1) is 12.6. The van der Waals surface area contributed by atoms with E-state index in [1.807, 2.05) is 42.5 Å². The average Bonchev–Trinajstić information content (AvgIpc) is 3.01. The van der Waals surface area contributed by atoms with Gasteiger partial charge in [-0.3, -0.25) is 0 Å². The van der Waals surface area contributed by atoms with Gasteiger partial charge < -0.3 is 9.30 Å². The number of aromatic nitrogens is 1. The highest BCUT2D eigenvalue weighted by molar-refractivity contribution is 5.91. The first kappa shape index (κ1) is 18.0. The summed E-state index contributed by atoms with van der Waals surface area (Å²) in [5.74, 6) is 0.0382. The standard InChI is InChI=1S/C23H25NO2/c1-17(2)21-15-20(23(25)26-3)22(14-18-10-6-4-7-11-18)24(21)16-19-12-8-5-9-13-19/h4-13,15,17H,14,16H2,1-3H3. The molecule has 3 aromatic rings. The number of carbonyl (C=O) groups excluding carboxylic acids is 1. The van der Waals surface area contributed by atoms with Gasteiger partial charge in [-0.2, -0.15) is 0 Å². The number of esters is 1. The SMILES string of the molecule is COC(=O)c1cc(C(C)C)n(Cc2ccccc2)c1Cc1ccccc1. The molecule has 3 heteroatoms. The molecule has 0 unspecified atom stereocenters. The molecule has 0 aliphatic heterocycles. The lowest BCUT2D eigenvalue weighted by Gasteiger charge is -2.16. The van der Waals surface area contributed by atoms with Crippen molar-refractivity contribution < 1.29 is 9.53 Å². The highest BCUT2D eigenvalue weighted by Crippen LogP contribution is 2.27. The molecule has 0 spiro atoms. The van der Waals surface area contributed by atoms with Crippen LogP contribution in [0.2, 0.25) is 0 Å². The molecule has 0 aliphatic carbocycles. The lowest BCUT2D eigenvalue weighted by molar-refractivity contribution is 0.0599. The summed E-state index contributed by atoms with van der Waals surface area (Å²) in [5.41, 5.74) is 5.22. The molecule has 0 fully saturated rings. The summed E-state index contributed by atoms with van der Waals surface area (Å²) in [7, 11) is 1.44. The number of methoxy groups -OCH3 is 1. The molecule has 1 aromatic heterocycles. The smallest absolute Gasteiger partial charge is 0.339 e. The summed E-state index contributed by atoms with van der Waals surface area (Å²) in [6, 6.07) is 22.6. The van der Waals surface area contributed by atoms with Gasteiger partial charge in [-0.05, 0) is 23.1 Å². The maximum Gasteiger partial charge on any atom is 0.339 e. The van der Waals surface area contributed by atoms with Gasteiger partial charge in [0.2, 0.25) is 0 Å². The maximum atomic E-state index is 12.4. The molecule has 0 atom stereocenters. The second-order valence-electron chi connectivity index (χ2n) is 6.81. The fraction of sp³-hybridized carbons (Fsp3) is 0.261. The Morgan fingerprint density at radius 2 is 1.54 bits per heavy atom. The fourth-order valence-electron chi connectivity index (χ4n) is 3.31. The van der Waals surface area contributed by atoms with Crippen molar-refractivity contribution in [2.24, 2.45) is 0 Å². The van der Waals surface area contributed by atoms with E-state index in [1.54, 1.807) is 0 Å². The molecule has 0 N–H and O–H groups in total. The Morgan fingerprint density at radius 1 is 0.962 bits per heavy atom. The summed E-state index contributed by atoms with van der Waals surface area (Å²) in [6.07, 6.45) is 0.699. The van der Waals surface area contributed by atoms with Crippen molar-refractivity contribution in [2.45, 2.75) is 32.7 Å². The van der Waals surface area contributed by atoms with Crippen LogP contribution in [0.1, 0.15) is 52.6 Å². The van der Waals surface area contributed by atoms with Crippen LogP contribution in [-0.4, -0.2) is 17.6 Å². The van der Waals surface area contributed by atoms with Crippen LogP contribution in [0.5, 0.6) is 0 Å². The third-order valence-electron chi connectivity index (χ3n) is 4.64. The summed E-state index contributed by atoms with van der Waals surface area (Å²) in [5, 5.41) is 0. The molecule has 0 saturated carbocycles. The molecule has 0 amide bonds. The lowest BCUT2D eigenvalue weighted by Crippen LogP contribution is -2.12. The normalized spacial score (nSPS) is 10.9. The molecule has 3 rings (SSSR count). The van der Waals surface area contributed by atoms with E-state index in [2.05, 4.69) is 42.7 Å². The van der Waals surface area contributed by atoms with Crippen molar-refractivity contribution in [3.05, 3.63) is 94.8 Å². The minimum absolute atomic E-state index is 0.273. The van der Waals surface area contributed by atoms with Gasteiger partial charge in [0.1, 0.15) is 0 Å². The molecule has 134 valence electrons. The Labute approximate surface area is 155 Å². The second-order valence-corrected chi connectivity index (χ2v) is 6.81. The molecule has 26 heavy (non-hydrogen) atoms. The van der Waals surface area contributed by atoms with Gasteiger partial charge in [0.25, 0.3) is 0 Å². The van der Waals surface area contributed by atoms with Crippen LogP contribution >= 0.6 is 0 Å². The third kappa shape index (κ3) is 3.88. The molecule has 0 saturated heterocycles. The summed E-state index contributed by atoms with van der Waals surface area (Å²) in [4.78, 5) is 12.4. The highest BCUT2D eigenvalue weighted by atomic mass is 16.5. The maximum absolute atomic E-state index is 12.4. The summed E-state index contributed by atoms with van der Waals surface area (Å²) < 4.78 is 7.34. The quantitative estimate of drug-likeness (QED) is 0.585. The number of nitrogens with zero attached hydrogens (tertiary/aromatic N) is 1. The summed E-state index contributed by atoms with van der Waals surface area (Å²) >= 11 is 0. The molecular weight excluding hydrogens is 322 g/mol. The Kier molecular flexibility index (Phi) is 5.57.